The fourth-order valence-corrected chi connectivity index (χ4v) is 2.37. The number of pyridine rings is 1. The molecule has 2 N–H and O–H groups in total. The molecule has 0 saturated carbocycles. The zero-order valence-corrected chi connectivity index (χ0v) is 11.5. The van der Waals surface area contributed by atoms with Crippen LogP contribution in [0.2, 0.25) is 0 Å². The Balaban J connectivity index is 1.88. The summed E-state index contributed by atoms with van der Waals surface area (Å²) in [5.41, 5.74) is 2.25. The van der Waals surface area contributed by atoms with Crippen LogP contribution in [-0.4, -0.2) is 15.9 Å². The number of hydrogen-bond acceptors (Lipinski definition) is 2. The number of hydrogen-bond donors (Lipinski definition) is 2. The highest BCUT2D eigenvalue weighted by Gasteiger charge is 2.17. The number of fused-ring (bicyclic) bond motifs is 1. The van der Waals surface area contributed by atoms with Gasteiger partial charge in [0.15, 0.2) is 0 Å². The second kappa shape index (κ2) is 5.36. The topological polar surface area (TPSA) is 57.8 Å². The van der Waals surface area contributed by atoms with Crippen LogP contribution in [0.3, 0.4) is 0 Å². The van der Waals surface area contributed by atoms with E-state index in [0.29, 0.717) is 28.7 Å². The number of benzene rings is 1. The van der Waals surface area contributed by atoms with E-state index >= 15 is 0 Å². The molecule has 1 amide bonds. The number of halogens is 1. The summed E-state index contributed by atoms with van der Waals surface area (Å²) in [6.07, 6.45) is 1.67. The molecular weight excluding hydrogens is 269 g/mol. The predicted octanol–water partition coefficient (Wildman–Crippen LogP) is 2.94. The van der Waals surface area contributed by atoms with Gasteiger partial charge in [0, 0.05) is 17.3 Å². The zero-order valence-electron chi connectivity index (χ0n) is 11.5. The van der Waals surface area contributed by atoms with Gasteiger partial charge in [0.2, 0.25) is 0 Å². The fraction of sp³-hybridized carbons (Fsp3) is 0.125. The van der Waals surface area contributed by atoms with E-state index in [1.165, 1.54) is 6.07 Å². The van der Waals surface area contributed by atoms with Crippen molar-refractivity contribution in [3.8, 4) is 0 Å². The number of H-pyrrole nitrogens is 1. The molecule has 21 heavy (non-hydrogen) atoms. The highest BCUT2D eigenvalue weighted by molar-refractivity contribution is 6.08. The highest BCUT2D eigenvalue weighted by atomic mass is 19.1. The summed E-state index contributed by atoms with van der Waals surface area (Å²) >= 11 is 0. The maximum absolute atomic E-state index is 13.7. The number of carbonyl (C=O) groups is 1. The fourth-order valence-electron chi connectivity index (χ4n) is 2.37. The van der Waals surface area contributed by atoms with Crippen molar-refractivity contribution in [2.45, 2.75) is 13.5 Å². The molecule has 3 rings (SSSR count). The lowest BCUT2D eigenvalue weighted by molar-refractivity contribution is 0.0951. The third-order valence-corrected chi connectivity index (χ3v) is 3.35. The van der Waals surface area contributed by atoms with E-state index in [1.54, 1.807) is 25.3 Å². The van der Waals surface area contributed by atoms with E-state index < -0.39 is 0 Å². The number of nitrogens with one attached hydrogen (secondary N) is 2. The Morgan fingerprint density at radius 2 is 2.14 bits per heavy atom. The molecule has 0 unspecified atom stereocenters. The van der Waals surface area contributed by atoms with E-state index in [2.05, 4.69) is 15.3 Å². The van der Waals surface area contributed by atoms with Crippen molar-refractivity contribution in [3.05, 3.63) is 65.4 Å². The van der Waals surface area contributed by atoms with Gasteiger partial charge in [0.05, 0.1) is 23.3 Å². The van der Waals surface area contributed by atoms with Crippen molar-refractivity contribution in [2.75, 3.05) is 0 Å². The highest BCUT2D eigenvalue weighted by Crippen LogP contribution is 2.24. The molecule has 0 radical (unpaired) electrons. The third-order valence-electron chi connectivity index (χ3n) is 3.35. The molecule has 0 aliphatic heterocycles. The molecule has 2 aromatic heterocycles. The molecule has 3 aromatic rings. The molecule has 106 valence electrons. The van der Waals surface area contributed by atoms with Gasteiger partial charge in [-0.3, -0.25) is 9.78 Å². The van der Waals surface area contributed by atoms with Crippen molar-refractivity contribution in [1.29, 1.82) is 0 Å². The SMILES string of the molecule is Cc1[nH]c2c(F)cccc2c1C(=O)NCc1ccccn1. The van der Waals surface area contributed by atoms with Gasteiger partial charge >= 0.3 is 0 Å². The first-order valence-corrected chi connectivity index (χ1v) is 6.61. The minimum absolute atomic E-state index is 0.241. The molecular formula is C16H14FN3O. The van der Waals surface area contributed by atoms with Crippen molar-refractivity contribution >= 4 is 16.8 Å². The maximum Gasteiger partial charge on any atom is 0.254 e. The first-order valence-electron chi connectivity index (χ1n) is 6.61. The van der Waals surface area contributed by atoms with Gasteiger partial charge in [0.25, 0.3) is 5.91 Å². The summed E-state index contributed by atoms with van der Waals surface area (Å²) in [6, 6.07) is 10.2. The van der Waals surface area contributed by atoms with Crippen LogP contribution in [0.5, 0.6) is 0 Å². The molecule has 0 bridgehead atoms. The molecule has 0 saturated heterocycles. The van der Waals surface area contributed by atoms with Crippen LogP contribution >= 0.6 is 0 Å². The third kappa shape index (κ3) is 2.50. The van der Waals surface area contributed by atoms with Crippen LogP contribution in [-0.2, 0) is 6.54 Å². The standard InChI is InChI=1S/C16H14FN3O/c1-10-14(12-6-4-7-13(17)15(12)20-10)16(21)19-9-11-5-2-3-8-18-11/h2-8,20H,9H2,1H3,(H,19,21). The Kier molecular flexibility index (Phi) is 3.39. The lowest BCUT2D eigenvalue weighted by Gasteiger charge is -2.05. The number of amides is 1. The van der Waals surface area contributed by atoms with E-state index in [4.69, 9.17) is 0 Å². The minimum atomic E-state index is -0.362. The van der Waals surface area contributed by atoms with Gasteiger partial charge in [0.1, 0.15) is 5.82 Å². The summed E-state index contributed by atoms with van der Waals surface area (Å²) in [4.78, 5) is 19.4. The van der Waals surface area contributed by atoms with Crippen molar-refractivity contribution in [2.24, 2.45) is 0 Å². The van der Waals surface area contributed by atoms with Crippen LogP contribution in [0.4, 0.5) is 4.39 Å². The molecule has 0 atom stereocenters. The van der Waals surface area contributed by atoms with E-state index in [9.17, 15) is 9.18 Å². The number of aromatic nitrogens is 2. The number of carbonyl (C=O) groups excluding carboxylic acids is 1. The van der Waals surface area contributed by atoms with Gasteiger partial charge in [-0.2, -0.15) is 0 Å². The predicted molar refractivity (Wildman–Crippen MR) is 78.4 cm³/mol. The Morgan fingerprint density at radius 3 is 2.90 bits per heavy atom. The molecule has 1 aromatic carbocycles. The van der Waals surface area contributed by atoms with Gasteiger partial charge in [-0.05, 0) is 25.1 Å². The molecule has 0 aliphatic carbocycles. The van der Waals surface area contributed by atoms with Crippen LogP contribution in [0.15, 0.2) is 42.6 Å². The molecule has 0 spiro atoms. The summed E-state index contributed by atoms with van der Waals surface area (Å²) < 4.78 is 13.7. The maximum atomic E-state index is 13.7. The lowest BCUT2D eigenvalue weighted by Crippen LogP contribution is -2.23. The average molecular weight is 283 g/mol. The van der Waals surface area contributed by atoms with Crippen LogP contribution in [0.25, 0.3) is 10.9 Å². The number of rotatable bonds is 3. The largest absolute Gasteiger partial charge is 0.356 e. The second-order valence-corrected chi connectivity index (χ2v) is 4.79. The van der Waals surface area contributed by atoms with Gasteiger partial charge in [-0.15, -0.1) is 0 Å². The Bertz CT molecular complexity index is 796. The summed E-state index contributed by atoms with van der Waals surface area (Å²) in [5.74, 6) is -0.602. The van der Waals surface area contributed by atoms with E-state index in [1.807, 2.05) is 18.2 Å². The molecule has 4 nitrogen and oxygen atoms in total. The van der Waals surface area contributed by atoms with Crippen LogP contribution in [0, 0.1) is 12.7 Å². The van der Waals surface area contributed by atoms with Gasteiger partial charge in [-0.25, -0.2) is 4.39 Å². The quantitative estimate of drug-likeness (QED) is 0.776. The summed E-state index contributed by atoms with van der Waals surface area (Å²) in [5, 5.41) is 3.40. The first-order chi connectivity index (χ1) is 10.2. The first kappa shape index (κ1) is 13.3. The summed E-state index contributed by atoms with van der Waals surface area (Å²) in [6.45, 7) is 2.09. The average Bonchev–Trinajstić information content (AvgIpc) is 2.84. The normalized spacial score (nSPS) is 10.8. The summed E-state index contributed by atoms with van der Waals surface area (Å²) in [7, 11) is 0. The van der Waals surface area contributed by atoms with Crippen LogP contribution < -0.4 is 5.32 Å². The monoisotopic (exact) mass is 283 g/mol. The van der Waals surface area contributed by atoms with Gasteiger partial charge < -0.3 is 10.3 Å². The van der Waals surface area contributed by atoms with Gasteiger partial charge in [-0.1, -0.05) is 18.2 Å². The second-order valence-electron chi connectivity index (χ2n) is 4.79. The number of nitrogens with zero attached hydrogens (tertiary/aromatic N) is 1. The van der Waals surface area contributed by atoms with Crippen molar-refractivity contribution in [1.82, 2.24) is 15.3 Å². The zero-order chi connectivity index (χ0) is 14.8. The molecule has 5 heteroatoms. The number of aromatic amines is 1. The smallest absolute Gasteiger partial charge is 0.254 e. The Hall–Kier alpha value is -2.69. The molecule has 2 heterocycles. The minimum Gasteiger partial charge on any atom is -0.356 e. The molecule has 0 fully saturated rings. The Labute approximate surface area is 121 Å². The van der Waals surface area contributed by atoms with E-state index in [0.717, 1.165) is 5.69 Å². The van der Waals surface area contributed by atoms with Crippen molar-refractivity contribution < 1.29 is 9.18 Å². The number of para-hydroxylation sites is 1. The van der Waals surface area contributed by atoms with Crippen molar-refractivity contribution in [3.63, 3.8) is 0 Å². The van der Waals surface area contributed by atoms with Crippen LogP contribution in [0.1, 0.15) is 21.7 Å². The van der Waals surface area contributed by atoms with E-state index in [-0.39, 0.29) is 11.7 Å². The number of aryl methyl sites for hydroxylation is 1. The molecule has 0 aliphatic rings. The lowest BCUT2D eigenvalue weighted by atomic mass is 10.1. The Morgan fingerprint density at radius 1 is 1.29 bits per heavy atom.